The summed E-state index contributed by atoms with van der Waals surface area (Å²) in [5.74, 6) is -2.13. The predicted octanol–water partition coefficient (Wildman–Crippen LogP) is 2.98. The molecule has 0 atom stereocenters. The molecule has 0 radical (unpaired) electrons. The summed E-state index contributed by atoms with van der Waals surface area (Å²) in [6.45, 7) is 5.82. The van der Waals surface area contributed by atoms with Crippen molar-refractivity contribution >= 4 is 17.2 Å². The van der Waals surface area contributed by atoms with E-state index < -0.39 is 16.6 Å². The van der Waals surface area contributed by atoms with Gasteiger partial charge in [0.2, 0.25) is 0 Å². The standard InChI is InChI=1S/C16H13F2N5O2/c1-9-5-14(20-15-7-16(23(24)25)21-22(9)15)10(2)19-8-11-3-4-12(17)13(18)6-11/h3-7,19H,2,8H2,1H3. The van der Waals surface area contributed by atoms with Crippen molar-refractivity contribution in [3.05, 3.63) is 75.6 Å². The first-order valence-corrected chi connectivity index (χ1v) is 7.24. The number of benzene rings is 1. The van der Waals surface area contributed by atoms with E-state index >= 15 is 0 Å². The third-order valence-electron chi connectivity index (χ3n) is 3.58. The maximum Gasteiger partial charge on any atom is 0.392 e. The lowest BCUT2D eigenvalue weighted by Crippen LogP contribution is -2.13. The van der Waals surface area contributed by atoms with Crippen molar-refractivity contribution in [3.8, 4) is 0 Å². The minimum Gasteiger partial charge on any atom is -0.380 e. The SMILES string of the molecule is C=C(NCc1ccc(F)c(F)c1)c1cc(C)n2nc([N+](=O)[O-])cc2n1. The minimum absolute atomic E-state index is 0.224. The Bertz CT molecular complexity index is 1000. The second kappa shape index (κ2) is 6.27. The van der Waals surface area contributed by atoms with Gasteiger partial charge in [0, 0.05) is 6.54 Å². The Hall–Kier alpha value is -3.36. The molecule has 25 heavy (non-hydrogen) atoms. The molecule has 3 aromatic rings. The lowest BCUT2D eigenvalue weighted by atomic mass is 10.2. The third-order valence-corrected chi connectivity index (χ3v) is 3.58. The van der Waals surface area contributed by atoms with Crippen molar-refractivity contribution in [3.63, 3.8) is 0 Å². The summed E-state index contributed by atoms with van der Waals surface area (Å²) >= 11 is 0. The van der Waals surface area contributed by atoms with Crippen LogP contribution >= 0.6 is 0 Å². The van der Waals surface area contributed by atoms with E-state index in [2.05, 4.69) is 22.0 Å². The molecule has 1 N–H and O–H groups in total. The molecule has 0 unspecified atom stereocenters. The lowest BCUT2D eigenvalue weighted by molar-refractivity contribution is -0.389. The van der Waals surface area contributed by atoms with Crippen LogP contribution in [0.25, 0.3) is 11.3 Å². The summed E-state index contributed by atoms with van der Waals surface area (Å²) < 4.78 is 27.5. The summed E-state index contributed by atoms with van der Waals surface area (Å²) in [5, 5.41) is 17.7. The number of aromatic nitrogens is 3. The Morgan fingerprint density at radius 3 is 2.76 bits per heavy atom. The zero-order chi connectivity index (χ0) is 18.1. The van der Waals surface area contributed by atoms with E-state index in [-0.39, 0.29) is 12.4 Å². The zero-order valence-electron chi connectivity index (χ0n) is 13.2. The first-order valence-electron chi connectivity index (χ1n) is 7.24. The monoisotopic (exact) mass is 345 g/mol. The lowest BCUT2D eigenvalue weighted by Gasteiger charge is -2.10. The zero-order valence-corrected chi connectivity index (χ0v) is 13.2. The molecule has 0 spiro atoms. The molecule has 0 aliphatic carbocycles. The van der Waals surface area contributed by atoms with Crippen molar-refractivity contribution in [2.45, 2.75) is 13.5 Å². The van der Waals surface area contributed by atoms with E-state index in [1.165, 1.54) is 16.6 Å². The van der Waals surface area contributed by atoms with Crippen LogP contribution in [0.1, 0.15) is 17.0 Å². The Morgan fingerprint density at radius 2 is 2.08 bits per heavy atom. The molecule has 2 heterocycles. The smallest absolute Gasteiger partial charge is 0.380 e. The molecule has 0 aliphatic rings. The third kappa shape index (κ3) is 3.30. The van der Waals surface area contributed by atoms with Gasteiger partial charge in [-0.1, -0.05) is 12.6 Å². The highest BCUT2D eigenvalue weighted by Crippen LogP contribution is 2.17. The molecule has 0 aliphatic heterocycles. The van der Waals surface area contributed by atoms with Gasteiger partial charge < -0.3 is 15.4 Å². The Morgan fingerprint density at radius 1 is 1.32 bits per heavy atom. The number of nitrogens with zero attached hydrogens (tertiary/aromatic N) is 4. The summed E-state index contributed by atoms with van der Waals surface area (Å²) in [6.07, 6.45) is 0. The molecular formula is C16H13F2N5O2. The Balaban J connectivity index is 1.81. The maximum absolute atomic E-state index is 13.2. The number of nitro groups is 1. The topological polar surface area (TPSA) is 85.4 Å². The van der Waals surface area contributed by atoms with Crippen molar-refractivity contribution < 1.29 is 13.7 Å². The first-order chi connectivity index (χ1) is 11.8. The van der Waals surface area contributed by atoms with Gasteiger partial charge in [0.1, 0.15) is 0 Å². The maximum atomic E-state index is 13.2. The van der Waals surface area contributed by atoms with Gasteiger partial charge in [-0.15, -0.1) is 4.52 Å². The van der Waals surface area contributed by atoms with Crippen molar-refractivity contribution in [2.75, 3.05) is 0 Å². The molecule has 0 fully saturated rings. The molecule has 0 saturated carbocycles. The normalized spacial score (nSPS) is 10.8. The molecule has 0 saturated heterocycles. The second-order valence-corrected chi connectivity index (χ2v) is 5.39. The average molecular weight is 345 g/mol. The van der Waals surface area contributed by atoms with Crippen LogP contribution in [0.5, 0.6) is 0 Å². The summed E-state index contributed by atoms with van der Waals surface area (Å²) in [5.41, 5.74) is 2.42. The van der Waals surface area contributed by atoms with Gasteiger partial charge in [-0.2, -0.15) is 0 Å². The highest BCUT2D eigenvalue weighted by molar-refractivity contribution is 5.61. The van der Waals surface area contributed by atoms with Crippen LogP contribution in [0.4, 0.5) is 14.6 Å². The molecule has 7 nitrogen and oxygen atoms in total. The highest BCUT2D eigenvalue weighted by atomic mass is 19.2. The van der Waals surface area contributed by atoms with Crippen LogP contribution in [-0.4, -0.2) is 19.5 Å². The fourth-order valence-corrected chi connectivity index (χ4v) is 2.31. The van der Waals surface area contributed by atoms with Crippen molar-refractivity contribution in [1.29, 1.82) is 0 Å². The molecule has 1 aromatic carbocycles. The van der Waals surface area contributed by atoms with Gasteiger partial charge in [0.25, 0.3) is 0 Å². The van der Waals surface area contributed by atoms with Gasteiger partial charge >= 0.3 is 5.82 Å². The minimum atomic E-state index is -0.924. The van der Waals surface area contributed by atoms with E-state index in [0.29, 0.717) is 28.3 Å². The largest absolute Gasteiger partial charge is 0.392 e. The molecule has 9 heteroatoms. The van der Waals surface area contributed by atoms with Crippen LogP contribution < -0.4 is 5.32 Å². The predicted molar refractivity (Wildman–Crippen MR) is 86.6 cm³/mol. The molecule has 128 valence electrons. The molecule has 3 rings (SSSR count). The summed E-state index contributed by atoms with van der Waals surface area (Å²) in [6, 6.07) is 6.54. The number of hydrogen-bond donors (Lipinski definition) is 1. The van der Waals surface area contributed by atoms with E-state index in [4.69, 9.17) is 0 Å². The molecule has 0 amide bonds. The number of hydrogen-bond acceptors (Lipinski definition) is 5. The van der Waals surface area contributed by atoms with Crippen LogP contribution in [-0.2, 0) is 6.54 Å². The second-order valence-electron chi connectivity index (χ2n) is 5.39. The van der Waals surface area contributed by atoms with E-state index in [0.717, 1.165) is 12.1 Å². The summed E-state index contributed by atoms with van der Waals surface area (Å²) in [7, 11) is 0. The number of rotatable bonds is 5. The first kappa shape index (κ1) is 16.5. The molecule has 0 bridgehead atoms. The van der Waals surface area contributed by atoms with Crippen LogP contribution in [0.3, 0.4) is 0 Å². The number of fused-ring (bicyclic) bond motifs is 1. The Labute approximate surface area is 140 Å². The van der Waals surface area contributed by atoms with Crippen LogP contribution in [0, 0.1) is 28.7 Å². The Kier molecular flexibility index (Phi) is 4.14. The van der Waals surface area contributed by atoms with Crippen molar-refractivity contribution in [1.82, 2.24) is 19.9 Å². The molecular weight excluding hydrogens is 332 g/mol. The number of nitrogens with one attached hydrogen (secondary N) is 1. The highest BCUT2D eigenvalue weighted by Gasteiger charge is 2.17. The van der Waals surface area contributed by atoms with Crippen LogP contribution in [0.15, 0.2) is 36.9 Å². The van der Waals surface area contributed by atoms with Crippen molar-refractivity contribution in [2.24, 2.45) is 0 Å². The van der Waals surface area contributed by atoms with Gasteiger partial charge in [0.15, 0.2) is 17.3 Å². The quantitative estimate of drug-likeness (QED) is 0.567. The van der Waals surface area contributed by atoms with Gasteiger partial charge in [-0.25, -0.2) is 13.8 Å². The van der Waals surface area contributed by atoms with E-state index in [9.17, 15) is 18.9 Å². The fourth-order valence-electron chi connectivity index (χ4n) is 2.31. The van der Waals surface area contributed by atoms with Crippen LogP contribution in [0.2, 0.25) is 0 Å². The van der Waals surface area contributed by atoms with E-state index in [1.807, 2.05) is 0 Å². The average Bonchev–Trinajstić information content (AvgIpc) is 3.00. The van der Waals surface area contributed by atoms with Gasteiger partial charge in [0.05, 0.1) is 28.2 Å². The summed E-state index contributed by atoms with van der Waals surface area (Å²) in [4.78, 5) is 14.5. The van der Waals surface area contributed by atoms with E-state index in [1.54, 1.807) is 13.0 Å². The number of aryl methyl sites for hydroxylation is 1. The molecule has 2 aromatic heterocycles. The van der Waals surface area contributed by atoms with Gasteiger partial charge in [-0.3, -0.25) is 0 Å². The fraction of sp³-hybridized carbons (Fsp3) is 0.125. The van der Waals surface area contributed by atoms with Gasteiger partial charge in [-0.05, 0) is 35.6 Å². The number of halogens is 2.